The van der Waals surface area contributed by atoms with Gasteiger partial charge in [-0.2, -0.15) is 0 Å². The molecule has 1 aliphatic heterocycles. The first-order chi connectivity index (χ1) is 20.3. The molecule has 4 atom stereocenters. The molecular weight excluding hydrogens is 572 g/mol. The number of imide groups is 1. The number of cyclic esters (lactones) is 1. The van der Waals surface area contributed by atoms with Crippen molar-refractivity contribution in [3.63, 3.8) is 0 Å². The fourth-order valence-electron chi connectivity index (χ4n) is 4.64. The van der Waals surface area contributed by atoms with Crippen LogP contribution < -0.4 is 10.1 Å². The van der Waals surface area contributed by atoms with Crippen LogP contribution in [-0.4, -0.2) is 74.7 Å². The van der Waals surface area contributed by atoms with Crippen molar-refractivity contribution in [2.45, 2.75) is 91.5 Å². The molecule has 0 unspecified atom stereocenters. The van der Waals surface area contributed by atoms with Crippen LogP contribution in [0.25, 0.3) is 0 Å². The van der Waals surface area contributed by atoms with Crippen LogP contribution in [0.15, 0.2) is 43.0 Å². The second kappa shape index (κ2) is 15.2. The Hall–Kier alpha value is -3.67. The second-order valence-electron chi connectivity index (χ2n) is 12.0. The first-order valence-corrected chi connectivity index (χ1v) is 15.1. The minimum atomic E-state index is -1.00. The van der Waals surface area contributed by atoms with E-state index < -0.39 is 47.8 Å². The molecule has 0 spiro atoms. The van der Waals surface area contributed by atoms with Gasteiger partial charge in [0.25, 0.3) is 5.17 Å². The van der Waals surface area contributed by atoms with Gasteiger partial charge in [-0.3, -0.25) is 9.36 Å². The first kappa shape index (κ1) is 33.8. The average Bonchev–Trinajstić information content (AvgIpc) is 3.61. The third-order valence-electron chi connectivity index (χ3n) is 6.99. The number of carbonyl (C=O) groups is 3. The molecule has 0 bridgehead atoms. The summed E-state index contributed by atoms with van der Waals surface area (Å²) in [5, 5.41) is 2.94. The second-order valence-corrected chi connectivity index (χ2v) is 12.4. The molecule has 12 heteroatoms. The van der Waals surface area contributed by atoms with Gasteiger partial charge in [0.1, 0.15) is 30.4 Å². The van der Waals surface area contributed by atoms with E-state index in [1.165, 1.54) is 10.9 Å². The van der Waals surface area contributed by atoms with Crippen molar-refractivity contribution >= 4 is 35.5 Å². The van der Waals surface area contributed by atoms with Crippen LogP contribution in [0.1, 0.15) is 66.9 Å². The topological polar surface area (TPSA) is 121 Å². The van der Waals surface area contributed by atoms with Crippen molar-refractivity contribution in [3.8, 4) is 5.75 Å². The number of alkyl carbamates (subject to hydrolysis) is 1. The van der Waals surface area contributed by atoms with Gasteiger partial charge < -0.3 is 24.3 Å². The number of aromatic nitrogens is 2. The van der Waals surface area contributed by atoms with E-state index in [0.29, 0.717) is 6.61 Å². The lowest BCUT2D eigenvalue weighted by atomic mass is 9.91. The minimum absolute atomic E-state index is 0.0252. The van der Waals surface area contributed by atoms with Gasteiger partial charge in [0.05, 0.1) is 24.6 Å². The van der Waals surface area contributed by atoms with Gasteiger partial charge in [0, 0.05) is 12.4 Å². The highest BCUT2D eigenvalue weighted by Crippen LogP contribution is 2.27. The fraction of sp³-hybridized carbons (Fsp3) is 0.581. The molecule has 11 nitrogen and oxygen atoms in total. The molecule has 236 valence electrons. The molecule has 0 saturated carbocycles. The Morgan fingerprint density at radius 2 is 1.88 bits per heavy atom. The van der Waals surface area contributed by atoms with Crippen LogP contribution in [0.2, 0.25) is 0 Å². The van der Waals surface area contributed by atoms with E-state index in [0.717, 1.165) is 29.1 Å². The zero-order valence-electron chi connectivity index (χ0n) is 26.1. The van der Waals surface area contributed by atoms with Gasteiger partial charge in [0.15, 0.2) is 0 Å². The number of nitrogens with one attached hydrogen (secondary N) is 1. The SMILES string of the molecule is CCCCOc1ccc(C[C@H](NC(=O)OC(C)(C)C)[C@@H](OC(=S)n2ccnc2)[C@H](C)C(=O)N2C(=O)OC[C@@H]2C(C)C)cc1. The van der Waals surface area contributed by atoms with E-state index in [1.54, 1.807) is 40.1 Å². The number of thiocarbonyl (C=S) groups is 1. The molecule has 2 heterocycles. The predicted octanol–water partition coefficient (Wildman–Crippen LogP) is 5.36. The molecule has 3 rings (SSSR count). The van der Waals surface area contributed by atoms with Crippen molar-refractivity contribution in [3.05, 3.63) is 48.5 Å². The lowest BCUT2D eigenvalue weighted by molar-refractivity contribution is -0.137. The number of hydrogen-bond donors (Lipinski definition) is 1. The first-order valence-electron chi connectivity index (χ1n) is 14.7. The number of carbonyl (C=O) groups excluding carboxylic acids is 3. The van der Waals surface area contributed by atoms with Crippen LogP contribution in [0.4, 0.5) is 9.59 Å². The molecule has 0 radical (unpaired) electrons. The van der Waals surface area contributed by atoms with Crippen LogP contribution in [0, 0.1) is 11.8 Å². The van der Waals surface area contributed by atoms with E-state index >= 15 is 0 Å². The maximum absolute atomic E-state index is 13.9. The van der Waals surface area contributed by atoms with E-state index in [4.69, 9.17) is 31.2 Å². The third-order valence-corrected chi connectivity index (χ3v) is 7.30. The summed E-state index contributed by atoms with van der Waals surface area (Å²) in [4.78, 5) is 44.9. The lowest BCUT2D eigenvalue weighted by Crippen LogP contribution is -2.55. The zero-order valence-corrected chi connectivity index (χ0v) is 26.9. The quantitative estimate of drug-likeness (QED) is 0.248. The number of amides is 3. The molecule has 1 fully saturated rings. The standard InChI is InChI=1S/C31H44N4O7S/c1-8-9-16-39-23-12-10-22(11-13-23)17-24(33-28(37)42-31(5,6)7)26(41-30(43)34-15-14-32-19-34)21(4)27(36)35-25(20(2)3)18-40-29(35)38/h10-15,19-21,24-26H,8-9,16-18H2,1-7H3,(H,33,37)/t21-,24-,25+,26-/m0/s1. The number of benzene rings is 1. The van der Waals surface area contributed by atoms with Crippen molar-refractivity contribution < 1.29 is 33.3 Å². The monoisotopic (exact) mass is 616 g/mol. The summed E-state index contributed by atoms with van der Waals surface area (Å²) in [6.45, 7) is 13.6. The van der Waals surface area contributed by atoms with Gasteiger partial charge in [-0.05, 0) is 76.4 Å². The Morgan fingerprint density at radius 3 is 2.47 bits per heavy atom. The molecule has 1 N–H and O–H groups in total. The van der Waals surface area contributed by atoms with Gasteiger partial charge in [0.2, 0.25) is 5.91 Å². The number of hydrogen-bond acceptors (Lipinski definition) is 9. The van der Waals surface area contributed by atoms with E-state index in [2.05, 4.69) is 17.2 Å². The zero-order chi connectivity index (χ0) is 31.7. The number of rotatable bonds is 12. The highest BCUT2D eigenvalue weighted by atomic mass is 32.1. The average molecular weight is 617 g/mol. The molecule has 3 amide bonds. The summed E-state index contributed by atoms with van der Waals surface area (Å²) in [6, 6.07) is 6.30. The molecule has 1 aromatic carbocycles. The summed E-state index contributed by atoms with van der Waals surface area (Å²) in [5.41, 5.74) is 0.0890. The largest absolute Gasteiger partial charge is 0.494 e. The molecular formula is C31H44N4O7S. The summed E-state index contributed by atoms with van der Waals surface area (Å²) in [5.74, 6) is -0.707. The summed E-state index contributed by atoms with van der Waals surface area (Å²) in [6.07, 6.45) is 4.50. The van der Waals surface area contributed by atoms with E-state index in [-0.39, 0.29) is 24.1 Å². The molecule has 43 heavy (non-hydrogen) atoms. The van der Waals surface area contributed by atoms with Crippen LogP contribution in [0.5, 0.6) is 5.75 Å². The fourth-order valence-corrected chi connectivity index (χ4v) is 4.85. The molecule has 1 aliphatic rings. The summed E-state index contributed by atoms with van der Waals surface area (Å²) >= 11 is 5.56. The maximum Gasteiger partial charge on any atom is 0.416 e. The highest BCUT2D eigenvalue weighted by molar-refractivity contribution is 7.80. The number of nitrogens with zero attached hydrogens (tertiary/aromatic N) is 3. The Labute approximate surface area is 259 Å². The van der Waals surface area contributed by atoms with Crippen LogP contribution >= 0.6 is 12.2 Å². The van der Waals surface area contributed by atoms with Crippen molar-refractivity contribution in [2.24, 2.45) is 11.8 Å². The predicted molar refractivity (Wildman–Crippen MR) is 165 cm³/mol. The van der Waals surface area contributed by atoms with Crippen molar-refractivity contribution in [2.75, 3.05) is 13.2 Å². The van der Waals surface area contributed by atoms with Crippen molar-refractivity contribution in [1.29, 1.82) is 0 Å². The smallest absolute Gasteiger partial charge is 0.416 e. The number of imidazole rings is 1. The molecule has 1 saturated heterocycles. The molecule has 0 aliphatic carbocycles. The van der Waals surface area contributed by atoms with Gasteiger partial charge in [-0.1, -0.05) is 39.3 Å². The van der Waals surface area contributed by atoms with Gasteiger partial charge in [-0.25, -0.2) is 19.5 Å². The Kier molecular flexibility index (Phi) is 11.9. The minimum Gasteiger partial charge on any atom is -0.494 e. The van der Waals surface area contributed by atoms with Crippen LogP contribution in [0.3, 0.4) is 0 Å². The maximum atomic E-state index is 13.9. The Bertz CT molecular complexity index is 1230. The molecule has 1 aromatic heterocycles. The molecule has 2 aromatic rings. The summed E-state index contributed by atoms with van der Waals surface area (Å²) < 4.78 is 24.4. The normalized spacial score (nSPS) is 17.2. The Morgan fingerprint density at radius 1 is 1.19 bits per heavy atom. The van der Waals surface area contributed by atoms with E-state index in [1.807, 2.05) is 38.1 Å². The lowest BCUT2D eigenvalue weighted by Gasteiger charge is -2.35. The number of ether oxygens (including phenoxy) is 4. The highest BCUT2D eigenvalue weighted by Gasteiger charge is 2.45. The third kappa shape index (κ3) is 9.67. The number of unbranched alkanes of at least 4 members (excludes halogenated alkanes) is 1. The van der Waals surface area contributed by atoms with Crippen LogP contribution in [-0.2, 0) is 25.4 Å². The Balaban J connectivity index is 1.97. The van der Waals surface area contributed by atoms with E-state index in [9.17, 15) is 14.4 Å². The van der Waals surface area contributed by atoms with Gasteiger partial charge in [-0.15, -0.1) is 0 Å². The summed E-state index contributed by atoms with van der Waals surface area (Å²) in [7, 11) is 0. The van der Waals surface area contributed by atoms with Gasteiger partial charge >= 0.3 is 12.2 Å². The van der Waals surface area contributed by atoms with Crippen molar-refractivity contribution in [1.82, 2.24) is 19.8 Å².